The molecule has 0 saturated heterocycles. The summed E-state index contributed by atoms with van der Waals surface area (Å²) in [5, 5.41) is -0.290. The standard InChI is InChI=1S/C14H10Cl2N2O3/c1-21-11-6-7(15)2-3-8(11)12(19)10-5-4-9(13(16)20)14(17)18-10/h2-6H,1H3,(H2,17,18). The number of rotatable bonds is 4. The fourth-order valence-corrected chi connectivity index (χ4v) is 2.08. The third-order valence-corrected chi connectivity index (χ3v) is 3.22. The average molecular weight is 325 g/mol. The van der Waals surface area contributed by atoms with Gasteiger partial charge in [-0.2, -0.15) is 0 Å². The van der Waals surface area contributed by atoms with E-state index < -0.39 is 11.0 Å². The molecule has 21 heavy (non-hydrogen) atoms. The van der Waals surface area contributed by atoms with E-state index >= 15 is 0 Å². The van der Waals surface area contributed by atoms with Crippen LogP contribution in [0.5, 0.6) is 5.75 Å². The molecule has 0 aliphatic heterocycles. The van der Waals surface area contributed by atoms with E-state index in [-0.39, 0.29) is 17.1 Å². The first-order chi connectivity index (χ1) is 9.93. The molecule has 0 bridgehead atoms. The molecule has 2 aromatic rings. The Morgan fingerprint density at radius 2 is 1.86 bits per heavy atom. The first kappa shape index (κ1) is 15.3. The number of pyridine rings is 1. The van der Waals surface area contributed by atoms with E-state index in [2.05, 4.69) is 4.98 Å². The molecular weight excluding hydrogens is 315 g/mol. The highest BCUT2D eigenvalue weighted by atomic mass is 35.5. The van der Waals surface area contributed by atoms with Gasteiger partial charge in [0, 0.05) is 5.02 Å². The number of nitrogens with two attached hydrogens (primary N) is 1. The van der Waals surface area contributed by atoms with E-state index in [0.29, 0.717) is 16.3 Å². The van der Waals surface area contributed by atoms with Crippen molar-refractivity contribution in [2.45, 2.75) is 0 Å². The largest absolute Gasteiger partial charge is 0.496 e. The molecule has 1 aromatic heterocycles. The number of carbonyl (C=O) groups is 2. The zero-order chi connectivity index (χ0) is 15.6. The molecule has 0 amide bonds. The van der Waals surface area contributed by atoms with Crippen LogP contribution in [-0.4, -0.2) is 23.1 Å². The van der Waals surface area contributed by atoms with Crippen LogP contribution < -0.4 is 10.5 Å². The van der Waals surface area contributed by atoms with E-state index in [1.165, 1.54) is 31.4 Å². The predicted molar refractivity (Wildman–Crippen MR) is 80.3 cm³/mol. The minimum absolute atomic E-state index is 0.0521. The summed E-state index contributed by atoms with van der Waals surface area (Å²) in [6, 6.07) is 7.35. The van der Waals surface area contributed by atoms with Gasteiger partial charge in [0.05, 0.1) is 18.2 Å². The van der Waals surface area contributed by atoms with Gasteiger partial charge in [0.15, 0.2) is 0 Å². The first-order valence-corrected chi connectivity index (χ1v) is 6.54. The van der Waals surface area contributed by atoms with Crippen molar-refractivity contribution in [1.82, 2.24) is 4.98 Å². The molecule has 0 spiro atoms. The minimum atomic E-state index is -0.733. The van der Waals surface area contributed by atoms with Crippen molar-refractivity contribution in [3.05, 3.63) is 52.2 Å². The summed E-state index contributed by atoms with van der Waals surface area (Å²) in [6.07, 6.45) is 0. The zero-order valence-corrected chi connectivity index (χ0v) is 12.4. The van der Waals surface area contributed by atoms with Gasteiger partial charge in [-0.05, 0) is 41.9 Å². The van der Waals surface area contributed by atoms with Gasteiger partial charge in [-0.1, -0.05) is 11.6 Å². The van der Waals surface area contributed by atoms with Crippen LogP contribution in [0.25, 0.3) is 0 Å². The number of aromatic nitrogens is 1. The fraction of sp³-hybridized carbons (Fsp3) is 0.0714. The van der Waals surface area contributed by atoms with Crippen LogP contribution in [0.2, 0.25) is 5.02 Å². The Labute approximate surface area is 130 Å². The lowest BCUT2D eigenvalue weighted by Crippen LogP contribution is -2.10. The molecule has 0 aliphatic carbocycles. The van der Waals surface area contributed by atoms with Crippen LogP contribution in [0.1, 0.15) is 26.4 Å². The van der Waals surface area contributed by atoms with Crippen molar-refractivity contribution in [2.24, 2.45) is 0 Å². The molecule has 1 aromatic carbocycles. The second-order valence-corrected chi connectivity index (χ2v) is 4.86. The van der Waals surface area contributed by atoms with Crippen LogP contribution in [0.4, 0.5) is 5.82 Å². The van der Waals surface area contributed by atoms with Crippen molar-refractivity contribution in [3.8, 4) is 5.75 Å². The number of ketones is 1. The van der Waals surface area contributed by atoms with Gasteiger partial charge in [-0.3, -0.25) is 9.59 Å². The average Bonchev–Trinajstić information content (AvgIpc) is 2.45. The summed E-state index contributed by atoms with van der Waals surface area (Å²) < 4.78 is 5.12. The molecule has 0 atom stereocenters. The Kier molecular flexibility index (Phi) is 4.45. The summed E-state index contributed by atoms with van der Waals surface area (Å²) in [5.74, 6) is -0.178. The zero-order valence-electron chi connectivity index (χ0n) is 10.9. The van der Waals surface area contributed by atoms with Crippen LogP contribution >= 0.6 is 23.2 Å². The number of ether oxygens (including phenoxy) is 1. The SMILES string of the molecule is COc1cc(Cl)ccc1C(=O)c1ccc(C(=O)Cl)c(N)n1. The normalized spacial score (nSPS) is 10.2. The Bertz CT molecular complexity index is 732. The van der Waals surface area contributed by atoms with E-state index in [9.17, 15) is 9.59 Å². The quantitative estimate of drug-likeness (QED) is 0.690. The van der Waals surface area contributed by atoms with Crippen LogP contribution in [0.3, 0.4) is 0 Å². The first-order valence-electron chi connectivity index (χ1n) is 5.78. The predicted octanol–water partition coefficient (Wildman–Crippen LogP) is 2.94. The van der Waals surface area contributed by atoms with Gasteiger partial charge in [0.2, 0.25) is 5.78 Å². The lowest BCUT2D eigenvalue weighted by atomic mass is 10.1. The number of hydrogen-bond acceptors (Lipinski definition) is 5. The van der Waals surface area contributed by atoms with Gasteiger partial charge in [-0.25, -0.2) is 4.98 Å². The number of carbonyl (C=O) groups excluding carboxylic acids is 2. The summed E-state index contributed by atoms with van der Waals surface area (Å²) >= 11 is 11.2. The number of benzene rings is 1. The molecule has 108 valence electrons. The number of halogens is 2. The van der Waals surface area contributed by atoms with Gasteiger partial charge in [0.1, 0.15) is 17.3 Å². The second kappa shape index (κ2) is 6.11. The lowest BCUT2D eigenvalue weighted by Gasteiger charge is -2.08. The van der Waals surface area contributed by atoms with Crippen molar-refractivity contribution in [2.75, 3.05) is 12.8 Å². The monoisotopic (exact) mass is 324 g/mol. The summed E-state index contributed by atoms with van der Waals surface area (Å²) in [6.45, 7) is 0. The molecule has 0 unspecified atom stereocenters. The van der Waals surface area contributed by atoms with Crippen molar-refractivity contribution in [3.63, 3.8) is 0 Å². The summed E-state index contributed by atoms with van der Waals surface area (Å²) in [5.41, 5.74) is 6.03. The molecule has 7 heteroatoms. The molecule has 2 N–H and O–H groups in total. The van der Waals surface area contributed by atoms with Crippen molar-refractivity contribution in [1.29, 1.82) is 0 Å². The number of nitrogens with zero attached hydrogens (tertiary/aromatic N) is 1. The maximum absolute atomic E-state index is 12.4. The third kappa shape index (κ3) is 3.15. The number of anilines is 1. The second-order valence-electron chi connectivity index (χ2n) is 4.08. The van der Waals surface area contributed by atoms with Gasteiger partial charge >= 0.3 is 0 Å². The van der Waals surface area contributed by atoms with Crippen molar-refractivity contribution < 1.29 is 14.3 Å². The Morgan fingerprint density at radius 3 is 2.43 bits per heavy atom. The van der Waals surface area contributed by atoms with E-state index in [1.54, 1.807) is 6.07 Å². The molecular formula is C14H10Cl2N2O3. The number of nitrogen functional groups attached to an aromatic ring is 1. The smallest absolute Gasteiger partial charge is 0.256 e. The molecule has 1 heterocycles. The molecule has 5 nitrogen and oxygen atoms in total. The Morgan fingerprint density at radius 1 is 1.19 bits per heavy atom. The Hall–Kier alpha value is -2.11. The maximum atomic E-state index is 12.4. The molecule has 0 radical (unpaired) electrons. The van der Waals surface area contributed by atoms with Gasteiger partial charge < -0.3 is 10.5 Å². The van der Waals surface area contributed by atoms with Gasteiger partial charge in [0.25, 0.3) is 5.24 Å². The van der Waals surface area contributed by atoms with Crippen LogP contribution in [-0.2, 0) is 0 Å². The molecule has 0 aliphatic rings. The van der Waals surface area contributed by atoms with Crippen LogP contribution in [0.15, 0.2) is 30.3 Å². The third-order valence-electron chi connectivity index (χ3n) is 2.78. The highest BCUT2D eigenvalue weighted by molar-refractivity contribution is 6.68. The number of methoxy groups -OCH3 is 1. The highest BCUT2D eigenvalue weighted by Gasteiger charge is 2.18. The summed E-state index contributed by atoms with van der Waals surface area (Å²) in [4.78, 5) is 27.4. The number of hydrogen-bond donors (Lipinski definition) is 1. The molecule has 0 fully saturated rings. The lowest BCUT2D eigenvalue weighted by molar-refractivity contribution is 0.102. The highest BCUT2D eigenvalue weighted by Crippen LogP contribution is 2.25. The topological polar surface area (TPSA) is 82.3 Å². The van der Waals surface area contributed by atoms with Crippen molar-refractivity contribution >= 4 is 40.0 Å². The van der Waals surface area contributed by atoms with E-state index in [1.807, 2.05) is 0 Å². The van der Waals surface area contributed by atoms with Gasteiger partial charge in [-0.15, -0.1) is 0 Å². The van der Waals surface area contributed by atoms with E-state index in [4.69, 9.17) is 33.7 Å². The Balaban J connectivity index is 2.45. The molecule has 2 rings (SSSR count). The molecule has 0 saturated carbocycles. The fourth-order valence-electron chi connectivity index (χ4n) is 1.76. The maximum Gasteiger partial charge on any atom is 0.256 e. The summed E-state index contributed by atoms with van der Waals surface area (Å²) in [7, 11) is 1.43. The minimum Gasteiger partial charge on any atom is -0.496 e. The van der Waals surface area contributed by atoms with Crippen LogP contribution in [0, 0.1) is 0 Å². The van der Waals surface area contributed by atoms with E-state index in [0.717, 1.165) is 0 Å².